The summed E-state index contributed by atoms with van der Waals surface area (Å²) in [6, 6.07) is 0. The van der Waals surface area contributed by atoms with Gasteiger partial charge in [-0.2, -0.15) is 0 Å². The monoisotopic (exact) mass is 311 g/mol. The lowest BCUT2D eigenvalue weighted by Gasteiger charge is -2.41. The number of rotatable bonds is 2. The lowest BCUT2D eigenvalue weighted by atomic mass is 9.81. The van der Waals surface area contributed by atoms with Crippen LogP contribution < -0.4 is 5.32 Å². The molecule has 0 radical (unpaired) electrons. The van der Waals surface area contributed by atoms with Crippen molar-refractivity contribution in [2.45, 2.75) is 26.7 Å². The molecule has 0 saturated carbocycles. The minimum Gasteiger partial charge on any atom is -0.340 e. The second-order valence-corrected chi connectivity index (χ2v) is 5.57. The van der Waals surface area contributed by atoms with Crippen LogP contribution in [-0.4, -0.2) is 61.5 Å². The number of piperidine rings is 1. The summed E-state index contributed by atoms with van der Waals surface area (Å²) in [6.45, 7) is 11.2. The van der Waals surface area contributed by atoms with Crippen LogP contribution in [0.4, 0.5) is 0 Å². The molecule has 1 N–H and O–H groups in total. The Morgan fingerprint density at radius 3 is 2.32 bits per heavy atom. The first-order chi connectivity index (χ1) is 8.15. The van der Waals surface area contributed by atoms with Crippen molar-refractivity contribution >= 4 is 30.7 Å². The van der Waals surface area contributed by atoms with Crippen molar-refractivity contribution in [2.24, 2.45) is 5.41 Å². The number of hydrogen-bond acceptors (Lipinski definition) is 3. The Morgan fingerprint density at radius 2 is 1.84 bits per heavy atom. The van der Waals surface area contributed by atoms with E-state index in [2.05, 4.69) is 29.0 Å². The van der Waals surface area contributed by atoms with Gasteiger partial charge in [-0.1, -0.05) is 6.92 Å². The largest absolute Gasteiger partial charge is 0.340 e. The van der Waals surface area contributed by atoms with Crippen LogP contribution in [0.1, 0.15) is 26.7 Å². The van der Waals surface area contributed by atoms with E-state index in [1.807, 2.05) is 0 Å². The third kappa shape index (κ3) is 4.48. The molecule has 2 fully saturated rings. The van der Waals surface area contributed by atoms with Crippen molar-refractivity contribution in [3.05, 3.63) is 0 Å². The van der Waals surface area contributed by atoms with Gasteiger partial charge >= 0.3 is 0 Å². The quantitative estimate of drug-likeness (QED) is 0.837. The van der Waals surface area contributed by atoms with Gasteiger partial charge in [0, 0.05) is 32.7 Å². The van der Waals surface area contributed by atoms with Gasteiger partial charge in [-0.15, -0.1) is 24.8 Å². The van der Waals surface area contributed by atoms with Crippen LogP contribution in [-0.2, 0) is 4.79 Å². The molecule has 0 aliphatic carbocycles. The highest BCUT2D eigenvalue weighted by Gasteiger charge is 2.38. The standard InChI is InChI=1S/C13H25N3O.2ClH/c1-3-15-7-9-16(10-8-15)12(17)13(2)5-4-6-14-11-13;;/h14H,3-11H2,1-2H3;2*1H. The number of carbonyl (C=O) groups is 1. The highest BCUT2D eigenvalue weighted by molar-refractivity contribution is 5.85. The minimum atomic E-state index is -0.160. The van der Waals surface area contributed by atoms with Crippen molar-refractivity contribution in [3.63, 3.8) is 0 Å². The van der Waals surface area contributed by atoms with E-state index >= 15 is 0 Å². The average molecular weight is 312 g/mol. The molecule has 0 aromatic heterocycles. The van der Waals surface area contributed by atoms with E-state index in [0.29, 0.717) is 5.91 Å². The Bertz CT molecular complexity index is 275. The van der Waals surface area contributed by atoms with Gasteiger partial charge in [0.1, 0.15) is 0 Å². The molecule has 0 bridgehead atoms. The summed E-state index contributed by atoms with van der Waals surface area (Å²) in [7, 11) is 0. The van der Waals surface area contributed by atoms with E-state index in [0.717, 1.165) is 58.7 Å². The van der Waals surface area contributed by atoms with Gasteiger partial charge in [0.2, 0.25) is 5.91 Å². The molecule has 2 rings (SSSR count). The first-order valence-corrected chi connectivity index (χ1v) is 6.88. The van der Waals surface area contributed by atoms with E-state index in [-0.39, 0.29) is 30.2 Å². The van der Waals surface area contributed by atoms with E-state index in [1.165, 1.54) is 0 Å². The lowest BCUT2D eigenvalue weighted by molar-refractivity contribution is -0.144. The van der Waals surface area contributed by atoms with E-state index in [9.17, 15) is 4.79 Å². The molecule has 0 aromatic rings. The average Bonchev–Trinajstić information content (AvgIpc) is 2.39. The third-order valence-electron chi connectivity index (χ3n) is 4.22. The predicted octanol–water partition coefficient (Wildman–Crippen LogP) is 1.38. The minimum absolute atomic E-state index is 0. The zero-order chi connectivity index (χ0) is 12.3. The smallest absolute Gasteiger partial charge is 0.229 e. The molecule has 114 valence electrons. The normalized spacial score (nSPS) is 28.2. The predicted molar refractivity (Wildman–Crippen MR) is 83.4 cm³/mol. The summed E-state index contributed by atoms with van der Waals surface area (Å²) in [5, 5.41) is 3.36. The molecule has 1 unspecified atom stereocenters. The number of likely N-dealkylation sites (N-methyl/N-ethyl adjacent to an activating group) is 1. The molecule has 1 amide bonds. The topological polar surface area (TPSA) is 35.6 Å². The molecule has 0 aromatic carbocycles. The lowest BCUT2D eigenvalue weighted by Crippen LogP contribution is -2.55. The number of hydrogen-bond donors (Lipinski definition) is 1. The second-order valence-electron chi connectivity index (χ2n) is 5.57. The molecule has 2 saturated heterocycles. The van der Waals surface area contributed by atoms with Gasteiger partial charge in [-0.25, -0.2) is 0 Å². The molecule has 2 aliphatic rings. The fraction of sp³-hybridized carbons (Fsp3) is 0.923. The highest BCUT2D eigenvalue weighted by Crippen LogP contribution is 2.28. The van der Waals surface area contributed by atoms with E-state index < -0.39 is 0 Å². The Balaban J connectivity index is 0.00000162. The second kappa shape index (κ2) is 8.30. The molecule has 4 nitrogen and oxygen atoms in total. The number of nitrogens with zero attached hydrogens (tertiary/aromatic N) is 2. The molecular weight excluding hydrogens is 285 g/mol. The maximum Gasteiger partial charge on any atom is 0.229 e. The first kappa shape index (κ1) is 19.0. The maximum absolute atomic E-state index is 12.5. The van der Waals surface area contributed by atoms with Crippen molar-refractivity contribution < 1.29 is 4.79 Å². The number of halogens is 2. The molecule has 2 aliphatic heterocycles. The van der Waals surface area contributed by atoms with Crippen molar-refractivity contribution in [1.82, 2.24) is 15.1 Å². The first-order valence-electron chi connectivity index (χ1n) is 6.88. The number of piperazine rings is 1. The van der Waals surface area contributed by atoms with E-state index in [1.54, 1.807) is 0 Å². The molecule has 6 heteroatoms. The van der Waals surface area contributed by atoms with Gasteiger partial charge in [0.25, 0.3) is 0 Å². The molecule has 2 heterocycles. The Kier molecular flexibility index (Phi) is 8.29. The summed E-state index contributed by atoms with van der Waals surface area (Å²) in [4.78, 5) is 17.0. The zero-order valence-corrected chi connectivity index (χ0v) is 13.6. The Hall–Kier alpha value is -0.0300. The van der Waals surface area contributed by atoms with Crippen molar-refractivity contribution in [2.75, 3.05) is 45.8 Å². The van der Waals surface area contributed by atoms with Crippen LogP contribution in [0.3, 0.4) is 0 Å². The Labute approximate surface area is 129 Å². The van der Waals surface area contributed by atoms with Crippen LogP contribution >= 0.6 is 24.8 Å². The molecular formula is C13H27Cl2N3O. The van der Waals surface area contributed by atoms with Crippen LogP contribution in [0.25, 0.3) is 0 Å². The van der Waals surface area contributed by atoms with Crippen LogP contribution in [0.5, 0.6) is 0 Å². The summed E-state index contributed by atoms with van der Waals surface area (Å²) in [5.74, 6) is 0.362. The van der Waals surface area contributed by atoms with Gasteiger partial charge < -0.3 is 15.1 Å². The van der Waals surface area contributed by atoms with Crippen molar-refractivity contribution in [1.29, 1.82) is 0 Å². The van der Waals surface area contributed by atoms with E-state index in [4.69, 9.17) is 0 Å². The number of amides is 1. The van der Waals surface area contributed by atoms with Gasteiger partial charge in [0.05, 0.1) is 5.41 Å². The van der Waals surface area contributed by atoms with Crippen LogP contribution in [0.15, 0.2) is 0 Å². The maximum atomic E-state index is 12.5. The summed E-state index contributed by atoms with van der Waals surface area (Å²) in [5.41, 5.74) is -0.160. The van der Waals surface area contributed by atoms with Crippen LogP contribution in [0.2, 0.25) is 0 Å². The van der Waals surface area contributed by atoms with Crippen LogP contribution in [0, 0.1) is 5.41 Å². The SMILES string of the molecule is CCN1CCN(C(=O)C2(C)CCCNC2)CC1.Cl.Cl. The van der Waals surface area contributed by atoms with Crippen molar-refractivity contribution in [3.8, 4) is 0 Å². The fourth-order valence-corrected chi connectivity index (χ4v) is 2.89. The van der Waals surface area contributed by atoms with Gasteiger partial charge in [0.15, 0.2) is 0 Å². The van der Waals surface area contributed by atoms with Gasteiger partial charge in [-0.3, -0.25) is 4.79 Å². The zero-order valence-electron chi connectivity index (χ0n) is 12.0. The van der Waals surface area contributed by atoms with Gasteiger partial charge in [-0.05, 0) is 32.9 Å². The number of nitrogens with one attached hydrogen (secondary N) is 1. The fourth-order valence-electron chi connectivity index (χ4n) is 2.89. The summed E-state index contributed by atoms with van der Waals surface area (Å²) < 4.78 is 0. The third-order valence-corrected chi connectivity index (χ3v) is 4.22. The molecule has 19 heavy (non-hydrogen) atoms. The number of carbonyl (C=O) groups excluding carboxylic acids is 1. The molecule has 0 spiro atoms. The highest BCUT2D eigenvalue weighted by atomic mass is 35.5. The summed E-state index contributed by atoms with van der Waals surface area (Å²) in [6.07, 6.45) is 2.16. The molecule has 1 atom stereocenters. The Morgan fingerprint density at radius 1 is 1.21 bits per heavy atom. The summed E-state index contributed by atoms with van der Waals surface area (Å²) >= 11 is 0.